The van der Waals surface area contributed by atoms with Gasteiger partial charge in [0.15, 0.2) is 11.5 Å². The molecule has 1 aromatic rings. The van der Waals surface area contributed by atoms with E-state index in [-0.39, 0.29) is 24.4 Å². The van der Waals surface area contributed by atoms with E-state index in [0.29, 0.717) is 30.9 Å². The predicted octanol–water partition coefficient (Wildman–Crippen LogP) is 4.04. The van der Waals surface area contributed by atoms with Crippen molar-refractivity contribution in [3.8, 4) is 11.5 Å². The van der Waals surface area contributed by atoms with Gasteiger partial charge in [0, 0.05) is 7.05 Å². The van der Waals surface area contributed by atoms with Crippen LogP contribution in [-0.2, 0) is 9.59 Å². The lowest BCUT2D eigenvalue weighted by molar-refractivity contribution is -0.137. The SMILES string of the molecule is CCCCCOc1ccc(C(C)NC(=O)CN2C(=O)N(C)C3(CCCCC3)C2=O)cc1OC. The summed E-state index contributed by atoms with van der Waals surface area (Å²) in [7, 11) is 3.26. The van der Waals surface area contributed by atoms with E-state index in [4.69, 9.17) is 9.47 Å². The number of benzene rings is 1. The molecule has 182 valence electrons. The smallest absolute Gasteiger partial charge is 0.327 e. The van der Waals surface area contributed by atoms with E-state index in [0.717, 1.165) is 49.0 Å². The monoisotopic (exact) mass is 459 g/mol. The number of carbonyl (C=O) groups is 3. The van der Waals surface area contributed by atoms with E-state index in [1.807, 2.05) is 25.1 Å². The van der Waals surface area contributed by atoms with Gasteiger partial charge in [0.05, 0.1) is 19.8 Å². The normalized spacial score (nSPS) is 18.5. The quantitative estimate of drug-likeness (QED) is 0.421. The van der Waals surface area contributed by atoms with Crippen molar-refractivity contribution in [3.63, 3.8) is 0 Å². The number of amides is 4. The molecule has 1 N–H and O–H groups in total. The molecule has 1 saturated heterocycles. The molecule has 4 amide bonds. The maximum atomic E-state index is 13.1. The molecule has 1 aliphatic heterocycles. The highest BCUT2D eigenvalue weighted by Crippen LogP contribution is 2.39. The average molecular weight is 460 g/mol. The van der Waals surface area contributed by atoms with Gasteiger partial charge in [0.2, 0.25) is 5.91 Å². The van der Waals surface area contributed by atoms with Crippen molar-refractivity contribution < 1.29 is 23.9 Å². The summed E-state index contributed by atoms with van der Waals surface area (Å²) in [5, 5.41) is 2.90. The summed E-state index contributed by atoms with van der Waals surface area (Å²) in [6, 6.07) is 4.86. The fraction of sp³-hybridized carbons (Fsp3) is 0.640. The van der Waals surface area contributed by atoms with Gasteiger partial charge in [-0.2, -0.15) is 0 Å². The largest absolute Gasteiger partial charge is 0.493 e. The Labute approximate surface area is 196 Å². The van der Waals surface area contributed by atoms with Crippen LogP contribution in [-0.4, -0.2) is 60.5 Å². The number of methoxy groups -OCH3 is 1. The van der Waals surface area contributed by atoms with Crippen LogP contribution < -0.4 is 14.8 Å². The summed E-state index contributed by atoms with van der Waals surface area (Å²) in [5.74, 6) is 0.661. The Morgan fingerprint density at radius 3 is 2.55 bits per heavy atom. The van der Waals surface area contributed by atoms with Gasteiger partial charge in [0.1, 0.15) is 12.1 Å². The number of hydrogen-bond acceptors (Lipinski definition) is 5. The maximum absolute atomic E-state index is 13.1. The second-order valence-corrected chi connectivity index (χ2v) is 9.08. The maximum Gasteiger partial charge on any atom is 0.327 e. The number of hydrogen-bond donors (Lipinski definition) is 1. The van der Waals surface area contributed by atoms with Crippen molar-refractivity contribution in [1.82, 2.24) is 15.1 Å². The average Bonchev–Trinajstić information content (AvgIpc) is 2.98. The van der Waals surface area contributed by atoms with E-state index in [1.165, 1.54) is 4.90 Å². The number of likely N-dealkylation sites (N-methyl/N-ethyl adjacent to an activating group) is 1. The van der Waals surface area contributed by atoms with Crippen LogP contribution in [0.2, 0.25) is 0 Å². The molecule has 2 fully saturated rings. The molecule has 33 heavy (non-hydrogen) atoms. The first kappa shape index (κ1) is 24.9. The Balaban J connectivity index is 1.61. The highest BCUT2D eigenvalue weighted by Gasteiger charge is 2.55. The number of carbonyl (C=O) groups excluding carboxylic acids is 3. The Morgan fingerprint density at radius 1 is 1.15 bits per heavy atom. The zero-order valence-electron chi connectivity index (χ0n) is 20.3. The lowest BCUT2D eigenvalue weighted by Gasteiger charge is -2.35. The van der Waals surface area contributed by atoms with Gasteiger partial charge in [-0.15, -0.1) is 0 Å². The van der Waals surface area contributed by atoms with Crippen LogP contribution in [0.15, 0.2) is 18.2 Å². The van der Waals surface area contributed by atoms with Crippen molar-refractivity contribution in [2.75, 3.05) is 27.3 Å². The highest BCUT2D eigenvalue weighted by atomic mass is 16.5. The van der Waals surface area contributed by atoms with Crippen LogP contribution in [0, 0.1) is 0 Å². The number of nitrogens with zero attached hydrogens (tertiary/aromatic N) is 2. The molecule has 1 spiro atoms. The lowest BCUT2D eigenvalue weighted by Crippen LogP contribution is -2.49. The summed E-state index contributed by atoms with van der Waals surface area (Å²) in [6.07, 6.45) is 7.45. The van der Waals surface area contributed by atoms with E-state index in [1.54, 1.807) is 14.2 Å². The molecular formula is C25H37N3O5. The molecule has 8 nitrogen and oxygen atoms in total. The standard InChI is InChI=1S/C25H37N3O5/c1-5-6-10-15-33-20-12-11-19(16-21(20)32-4)18(2)26-22(29)17-28-23(30)25(27(3)24(28)31)13-8-7-9-14-25/h11-12,16,18H,5-10,13-15,17H2,1-4H3,(H,26,29). The summed E-state index contributed by atoms with van der Waals surface area (Å²) < 4.78 is 11.3. The number of imide groups is 1. The Hall–Kier alpha value is -2.77. The summed E-state index contributed by atoms with van der Waals surface area (Å²) in [5.41, 5.74) is 0.0720. The predicted molar refractivity (Wildman–Crippen MR) is 125 cm³/mol. The zero-order chi connectivity index (χ0) is 24.0. The van der Waals surface area contributed by atoms with E-state index in [2.05, 4.69) is 12.2 Å². The second-order valence-electron chi connectivity index (χ2n) is 9.08. The fourth-order valence-corrected chi connectivity index (χ4v) is 4.79. The molecule has 1 heterocycles. The van der Waals surface area contributed by atoms with E-state index < -0.39 is 11.6 Å². The molecule has 2 aliphatic rings. The van der Waals surface area contributed by atoms with E-state index in [9.17, 15) is 14.4 Å². The zero-order valence-corrected chi connectivity index (χ0v) is 20.3. The van der Waals surface area contributed by atoms with Crippen molar-refractivity contribution in [2.24, 2.45) is 0 Å². The molecule has 1 atom stereocenters. The molecule has 0 radical (unpaired) electrons. The number of unbranched alkanes of at least 4 members (excludes halogenated alkanes) is 2. The third kappa shape index (κ3) is 5.25. The third-order valence-corrected chi connectivity index (χ3v) is 6.86. The molecule has 3 rings (SSSR count). The minimum absolute atomic E-state index is 0.247. The first-order valence-corrected chi connectivity index (χ1v) is 12.0. The fourth-order valence-electron chi connectivity index (χ4n) is 4.79. The van der Waals surface area contributed by atoms with Crippen molar-refractivity contribution in [3.05, 3.63) is 23.8 Å². The van der Waals surface area contributed by atoms with Crippen LogP contribution in [0.4, 0.5) is 4.79 Å². The Bertz CT molecular complexity index is 866. The molecule has 1 unspecified atom stereocenters. The molecule has 1 aromatic carbocycles. The van der Waals surface area contributed by atoms with Crippen molar-refractivity contribution >= 4 is 17.8 Å². The molecular weight excluding hydrogens is 422 g/mol. The summed E-state index contributed by atoms with van der Waals surface area (Å²) in [4.78, 5) is 41.2. The molecule has 0 aromatic heterocycles. The van der Waals surface area contributed by atoms with Gasteiger partial charge in [-0.1, -0.05) is 45.1 Å². The first-order chi connectivity index (χ1) is 15.8. The van der Waals surface area contributed by atoms with Crippen LogP contribution in [0.1, 0.15) is 76.8 Å². The molecule has 0 bridgehead atoms. The third-order valence-electron chi connectivity index (χ3n) is 6.86. The highest BCUT2D eigenvalue weighted by molar-refractivity contribution is 6.09. The van der Waals surface area contributed by atoms with Gasteiger partial charge < -0.3 is 19.7 Å². The topological polar surface area (TPSA) is 88.2 Å². The number of rotatable bonds is 10. The second kappa shape index (κ2) is 10.9. The van der Waals surface area contributed by atoms with Crippen molar-refractivity contribution in [2.45, 2.75) is 76.8 Å². The number of urea groups is 1. The first-order valence-electron chi connectivity index (χ1n) is 12.0. The summed E-state index contributed by atoms with van der Waals surface area (Å²) >= 11 is 0. The molecule has 1 aliphatic carbocycles. The molecule has 1 saturated carbocycles. The molecule has 8 heteroatoms. The minimum Gasteiger partial charge on any atom is -0.493 e. The lowest BCUT2D eigenvalue weighted by atomic mass is 9.81. The van der Waals surface area contributed by atoms with Gasteiger partial charge in [-0.25, -0.2) is 4.79 Å². The summed E-state index contributed by atoms with van der Waals surface area (Å²) in [6.45, 7) is 4.36. The van der Waals surface area contributed by atoms with Crippen molar-refractivity contribution in [1.29, 1.82) is 0 Å². The van der Waals surface area contributed by atoms with Gasteiger partial charge in [-0.05, 0) is 43.9 Å². The number of nitrogens with one attached hydrogen (secondary N) is 1. The van der Waals surface area contributed by atoms with Crippen LogP contribution in [0.3, 0.4) is 0 Å². The van der Waals surface area contributed by atoms with Crippen LogP contribution >= 0.6 is 0 Å². The van der Waals surface area contributed by atoms with Crippen LogP contribution in [0.5, 0.6) is 11.5 Å². The van der Waals surface area contributed by atoms with Gasteiger partial charge in [0.25, 0.3) is 5.91 Å². The van der Waals surface area contributed by atoms with Gasteiger partial charge in [-0.3, -0.25) is 14.5 Å². The minimum atomic E-state index is -0.776. The Kier molecular flexibility index (Phi) is 8.21. The number of ether oxygens (including phenoxy) is 2. The van der Waals surface area contributed by atoms with E-state index >= 15 is 0 Å². The van der Waals surface area contributed by atoms with Crippen LogP contribution in [0.25, 0.3) is 0 Å². The van der Waals surface area contributed by atoms with Gasteiger partial charge >= 0.3 is 6.03 Å². The Morgan fingerprint density at radius 2 is 1.88 bits per heavy atom.